The van der Waals surface area contributed by atoms with E-state index in [1.54, 1.807) is 0 Å². The van der Waals surface area contributed by atoms with Crippen LogP contribution in [0.2, 0.25) is 10.5 Å². The summed E-state index contributed by atoms with van der Waals surface area (Å²) < 4.78 is 127. The maximum absolute atomic E-state index is 7.74. The Morgan fingerprint density at radius 2 is 1.58 bits per heavy atom. The molecule has 0 radical (unpaired) electrons. The molecule has 0 saturated carbocycles. The Bertz CT molecular complexity index is 477. The van der Waals surface area contributed by atoms with Crippen molar-refractivity contribution in [1.29, 1.82) is 0 Å². The van der Waals surface area contributed by atoms with E-state index in [9.17, 15) is 0 Å². The monoisotopic (exact) mass is 322 g/mol. The van der Waals surface area contributed by atoms with Crippen molar-refractivity contribution in [2.75, 3.05) is 26.2 Å². The predicted molar refractivity (Wildman–Crippen MR) is 54.1 cm³/mol. The van der Waals surface area contributed by atoms with Crippen LogP contribution in [0.15, 0.2) is 0 Å². The molecule has 0 atom stereocenters. The summed E-state index contributed by atoms with van der Waals surface area (Å²) >= 11 is -3.37. The van der Waals surface area contributed by atoms with Crippen LogP contribution in [0.1, 0.15) is 35.7 Å². The standard InChI is InChI=1S/C8H18O2Se2/c1-3-9-5-7-11-12-8-6-10-4-2/h3-8H2,1-2H3/i1D2,2D2,3D2,4D2,5D2,6D2,7D2,8D2. The van der Waals surface area contributed by atoms with Crippen molar-refractivity contribution in [3.8, 4) is 0 Å². The zero-order valence-corrected chi connectivity index (χ0v) is 9.21. The molecular weight excluding hydrogens is 286 g/mol. The number of ether oxygens (including phenoxy) is 2. The first-order chi connectivity index (χ1) is 12.0. The van der Waals surface area contributed by atoms with Gasteiger partial charge in [-0.3, -0.25) is 0 Å². The molecule has 0 aliphatic rings. The minimum atomic E-state index is -3.37. The summed E-state index contributed by atoms with van der Waals surface area (Å²) in [5, 5.41) is -6.00. The quantitative estimate of drug-likeness (QED) is 0.595. The van der Waals surface area contributed by atoms with Gasteiger partial charge in [-0.25, -0.2) is 0 Å². The van der Waals surface area contributed by atoms with Crippen molar-refractivity contribution in [1.82, 2.24) is 0 Å². The third-order valence-corrected chi connectivity index (χ3v) is 4.03. The van der Waals surface area contributed by atoms with Gasteiger partial charge in [0.15, 0.2) is 0 Å². The van der Waals surface area contributed by atoms with E-state index in [0.717, 1.165) is 0 Å². The number of hydrogen-bond donors (Lipinski definition) is 0. The Kier molecular flexibility index (Phi) is 2.36. The van der Waals surface area contributed by atoms with Crippen LogP contribution in [0.5, 0.6) is 0 Å². The normalized spacial score (nSPS) is 37.8. The fraction of sp³-hybridized carbons (Fsp3) is 1.00. The van der Waals surface area contributed by atoms with Gasteiger partial charge < -0.3 is 0 Å². The Morgan fingerprint density at radius 1 is 1.08 bits per heavy atom. The van der Waals surface area contributed by atoms with Crippen LogP contribution in [-0.2, 0) is 9.47 Å². The van der Waals surface area contributed by atoms with E-state index in [0.29, 0.717) is 0 Å². The third-order valence-electron chi connectivity index (χ3n) is 0.428. The van der Waals surface area contributed by atoms with E-state index in [-0.39, 0.29) is 0 Å². The molecule has 0 amide bonds. The van der Waals surface area contributed by atoms with Crippen LogP contribution >= 0.6 is 0 Å². The second-order valence-corrected chi connectivity index (χ2v) is 6.20. The average Bonchev–Trinajstić information content (AvgIpc) is 2.42. The molecular formula is C8H18O2Se2. The van der Waals surface area contributed by atoms with Gasteiger partial charge in [-0.05, 0) is 0 Å². The minimum absolute atomic E-state index is 1.69. The third kappa shape index (κ3) is 11.0. The van der Waals surface area contributed by atoms with Gasteiger partial charge in [0.05, 0.1) is 0 Å². The molecule has 0 heterocycles. The fourth-order valence-corrected chi connectivity index (χ4v) is 2.32. The average molecular weight is 320 g/mol. The zero-order chi connectivity index (χ0) is 23.0. The van der Waals surface area contributed by atoms with Gasteiger partial charge in [-0.1, -0.05) is 0 Å². The van der Waals surface area contributed by atoms with Crippen LogP contribution in [-0.4, -0.2) is 52.5 Å². The van der Waals surface area contributed by atoms with Crippen LogP contribution in [0.25, 0.3) is 0 Å². The van der Waals surface area contributed by atoms with Gasteiger partial charge >= 0.3 is 108 Å². The molecule has 0 aromatic rings. The van der Waals surface area contributed by atoms with Crippen LogP contribution in [0, 0.1) is 0 Å². The SMILES string of the molecule is [2H]C([2H])C([2H])([2H])OC([2H])([2H])C([2H])([2H])[Se][Se]C([2H])([2H])C([2H])([2H])OC([2H])([2H])C([2H])[2H]. The van der Waals surface area contributed by atoms with Crippen LogP contribution < -0.4 is 0 Å². The first-order valence-corrected chi connectivity index (χ1v) is 8.52. The van der Waals surface area contributed by atoms with Gasteiger partial charge in [0, 0.05) is 0 Å². The molecule has 0 spiro atoms. The molecule has 0 unspecified atom stereocenters. The second-order valence-electron chi connectivity index (χ2n) is 1.01. The first kappa shape index (κ1) is 2.37. The maximum atomic E-state index is 7.74. The molecule has 0 N–H and O–H groups in total. The molecule has 12 heavy (non-hydrogen) atoms. The molecule has 74 valence electrons. The van der Waals surface area contributed by atoms with E-state index >= 15 is 0 Å². The molecule has 0 fully saturated rings. The summed E-state index contributed by atoms with van der Waals surface area (Å²) in [6, 6.07) is 0. The van der Waals surface area contributed by atoms with Crippen molar-refractivity contribution < 1.29 is 31.4 Å². The number of rotatable bonds is 9. The van der Waals surface area contributed by atoms with Crippen molar-refractivity contribution >= 4 is 26.3 Å². The molecule has 0 saturated heterocycles. The topological polar surface area (TPSA) is 18.5 Å². The predicted octanol–water partition coefficient (Wildman–Crippen LogP) is 1.22. The van der Waals surface area contributed by atoms with Gasteiger partial charge in [-0.15, -0.1) is 0 Å². The zero-order valence-electron chi connectivity index (χ0n) is 21.8. The van der Waals surface area contributed by atoms with Crippen molar-refractivity contribution in [3.05, 3.63) is 0 Å². The Balaban J connectivity index is 5.36. The fourth-order valence-electron chi connectivity index (χ4n) is 0.176. The molecule has 0 aromatic carbocycles. The van der Waals surface area contributed by atoms with Crippen LogP contribution in [0.3, 0.4) is 0 Å². The van der Waals surface area contributed by atoms with Gasteiger partial charge in [-0.2, -0.15) is 0 Å². The molecule has 0 aliphatic heterocycles. The van der Waals surface area contributed by atoms with Gasteiger partial charge in [0.25, 0.3) is 0 Å². The molecule has 0 aromatic heterocycles. The van der Waals surface area contributed by atoms with Crippen LogP contribution in [0.4, 0.5) is 0 Å². The molecule has 0 bridgehead atoms. The molecule has 0 rings (SSSR count). The summed E-state index contributed by atoms with van der Waals surface area (Å²) in [5.41, 5.74) is 0. The second kappa shape index (κ2) is 12.0. The molecule has 0 aliphatic carbocycles. The van der Waals surface area contributed by atoms with E-state index in [4.69, 9.17) is 21.9 Å². The van der Waals surface area contributed by atoms with E-state index in [1.165, 1.54) is 0 Å². The van der Waals surface area contributed by atoms with Crippen molar-refractivity contribution in [2.24, 2.45) is 0 Å². The number of hydrogen-bond acceptors (Lipinski definition) is 2. The molecule has 2 nitrogen and oxygen atoms in total. The summed E-state index contributed by atoms with van der Waals surface area (Å²) in [4.78, 5) is 0. The molecule has 4 heteroatoms. The summed E-state index contributed by atoms with van der Waals surface area (Å²) in [7, 11) is 0. The summed E-state index contributed by atoms with van der Waals surface area (Å²) in [6.07, 6.45) is 0. The van der Waals surface area contributed by atoms with E-state index < -0.39 is 76.8 Å². The van der Waals surface area contributed by atoms with E-state index in [1.807, 2.05) is 0 Å². The summed E-state index contributed by atoms with van der Waals surface area (Å²) in [5.74, 6) is 0. The van der Waals surface area contributed by atoms with Crippen molar-refractivity contribution in [2.45, 2.75) is 24.3 Å². The Morgan fingerprint density at radius 3 is 2.00 bits per heavy atom. The summed E-state index contributed by atoms with van der Waals surface area (Å²) in [6.45, 7) is -17.7. The Labute approximate surface area is 109 Å². The van der Waals surface area contributed by atoms with E-state index in [2.05, 4.69) is 9.47 Å². The van der Waals surface area contributed by atoms with Gasteiger partial charge in [0.1, 0.15) is 0 Å². The van der Waals surface area contributed by atoms with Crippen molar-refractivity contribution in [3.63, 3.8) is 0 Å². The van der Waals surface area contributed by atoms with Gasteiger partial charge in [0.2, 0.25) is 0 Å². The Hall–Kier alpha value is 0.959. The first-order valence-electron chi connectivity index (χ1n) is 10.8.